The van der Waals surface area contributed by atoms with Crippen LogP contribution in [-0.2, 0) is 5.41 Å². The lowest BCUT2D eigenvalue weighted by atomic mass is 9.70. The first-order chi connectivity index (χ1) is 30.3. The SMILES string of the molecule is c1ccc(N(c2ccccc2)c2ccc3c(c2)C2(c4ccccc4-c4ccc(N(c5ccccc5)c5cccc6c5sc5ccccc56)cc42)c2c-3oc3ccccc23)cc1. The van der Waals surface area contributed by atoms with Gasteiger partial charge < -0.3 is 14.2 Å². The quantitative estimate of drug-likeness (QED) is 0.167. The van der Waals surface area contributed by atoms with Crippen LogP contribution in [0.1, 0.15) is 22.3 Å². The molecule has 286 valence electrons. The predicted molar refractivity (Wildman–Crippen MR) is 255 cm³/mol. The summed E-state index contributed by atoms with van der Waals surface area (Å²) in [4.78, 5) is 4.83. The zero-order valence-corrected chi connectivity index (χ0v) is 33.8. The number of furan rings is 1. The van der Waals surface area contributed by atoms with Gasteiger partial charge in [-0.2, -0.15) is 0 Å². The highest BCUT2D eigenvalue weighted by Crippen LogP contribution is 2.66. The third-order valence-electron chi connectivity index (χ3n) is 12.8. The van der Waals surface area contributed by atoms with E-state index in [1.165, 1.54) is 59.2 Å². The van der Waals surface area contributed by atoms with Crippen LogP contribution >= 0.6 is 11.3 Å². The van der Waals surface area contributed by atoms with E-state index < -0.39 is 5.41 Å². The Kier molecular flexibility index (Phi) is 7.39. The van der Waals surface area contributed by atoms with E-state index in [0.29, 0.717) is 0 Å². The van der Waals surface area contributed by atoms with Gasteiger partial charge in [0.2, 0.25) is 0 Å². The first-order valence-electron chi connectivity index (χ1n) is 20.8. The second-order valence-electron chi connectivity index (χ2n) is 16.0. The molecule has 1 spiro atoms. The number of hydrogen-bond acceptors (Lipinski definition) is 4. The Morgan fingerprint density at radius 3 is 1.66 bits per heavy atom. The molecule has 61 heavy (non-hydrogen) atoms. The van der Waals surface area contributed by atoms with Crippen LogP contribution in [-0.4, -0.2) is 0 Å². The van der Waals surface area contributed by atoms with Crippen LogP contribution in [0.2, 0.25) is 0 Å². The molecule has 2 aromatic heterocycles. The van der Waals surface area contributed by atoms with Crippen LogP contribution in [0.3, 0.4) is 0 Å². The molecule has 0 N–H and O–H groups in total. The normalized spacial score (nSPS) is 14.6. The molecule has 0 saturated heterocycles. The number of nitrogens with zero attached hydrogens (tertiary/aromatic N) is 2. The van der Waals surface area contributed by atoms with Crippen molar-refractivity contribution >= 4 is 76.6 Å². The van der Waals surface area contributed by atoms with Crippen molar-refractivity contribution in [1.82, 2.24) is 0 Å². The van der Waals surface area contributed by atoms with Gasteiger partial charge in [-0.25, -0.2) is 0 Å². The highest BCUT2D eigenvalue weighted by molar-refractivity contribution is 7.26. The topological polar surface area (TPSA) is 19.6 Å². The van der Waals surface area contributed by atoms with E-state index in [2.05, 4.69) is 228 Å². The van der Waals surface area contributed by atoms with Gasteiger partial charge in [-0.15, -0.1) is 11.3 Å². The Bertz CT molecular complexity index is 3460. The predicted octanol–water partition coefficient (Wildman–Crippen LogP) is 16.1. The average Bonchev–Trinajstić information content (AvgIpc) is 4.05. The zero-order chi connectivity index (χ0) is 40.1. The van der Waals surface area contributed by atoms with Crippen LogP contribution in [0.4, 0.5) is 34.1 Å². The molecule has 0 aliphatic heterocycles. The van der Waals surface area contributed by atoms with Gasteiger partial charge >= 0.3 is 0 Å². The number of rotatable bonds is 6. The van der Waals surface area contributed by atoms with Gasteiger partial charge in [0.05, 0.1) is 15.8 Å². The van der Waals surface area contributed by atoms with Crippen molar-refractivity contribution in [3.8, 4) is 22.5 Å². The van der Waals surface area contributed by atoms with Crippen LogP contribution < -0.4 is 9.80 Å². The number of anilines is 6. The zero-order valence-electron chi connectivity index (χ0n) is 33.0. The van der Waals surface area contributed by atoms with E-state index in [0.717, 1.165) is 50.7 Å². The van der Waals surface area contributed by atoms with E-state index in [1.807, 2.05) is 11.3 Å². The molecule has 2 heterocycles. The molecule has 4 heteroatoms. The number of para-hydroxylation sites is 4. The molecule has 0 fully saturated rings. The summed E-state index contributed by atoms with van der Waals surface area (Å²) in [5.41, 5.74) is 15.5. The van der Waals surface area contributed by atoms with Gasteiger partial charge in [0, 0.05) is 60.4 Å². The van der Waals surface area contributed by atoms with Crippen molar-refractivity contribution in [3.05, 3.63) is 241 Å². The Hall–Kier alpha value is -7.66. The third kappa shape index (κ3) is 4.85. The van der Waals surface area contributed by atoms with Gasteiger partial charge in [0.25, 0.3) is 0 Å². The second-order valence-corrected chi connectivity index (χ2v) is 17.0. The summed E-state index contributed by atoms with van der Waals surface area (Å²) in [6.07, 6.45) is 0. The van der Waals surface area contributed by atoms with Gasteiger partial charge in [0.15, 0.2) is 0 Å². The maximum absolute atomic E-state index is 6.99. The van der Waals surface area contributed by atoms with E-state index in [4.69, 9.17) is 4.42 Å². The van der Waals surface area contributed by atoms with Crippen LogP contribution in [0, 0.1) is 0 Å². The van der Waals surface area contributed by atoms with Crippen molar-refractivity contribution in [2.75, 3.05) is 9.80 Å². The molecular weight excluding hydrogens is 761 g/mol. The first kappa shape index (κ1) is 34.2. The van der Waals surface area contributed by atoms with Gasteiger partial charge in [0.1, 0.15) is 11.3 Å². The van der Waals surface area contributed by atoms with Gasteiger partial charge in [-0.1, -0.05) is 133 Å². The Morgan fingerprint density at radius 2 is 0.918 bits per heavy atom. The van der Waals surface area contributed by atoms with E-state index in [1.54, 1.807) is 0 Å². The summed E-state index contributed by atoms with van der Waals surface area (Å²) in [6.45, 7) is 0. The van der Waals surface area contributed by atoms with Crippen LogP contribution in [0.15, 0.2) is 223 Å². The molecule has 0 bridgehead atoms. The minimum absolute atomic E-state index is 0.666. The van der Waals surface area contributed by atoms with Crippen molar-refractivity contribution in [2.45, 2.75) is 5.41 Å². The van der Waals surface area contributed by atoms with Crippen molar-refractivity contribution in [3.63, 3.8) is 0 Å². The highest BCUT2D eigenvalue weighted by atomic mass is 32.1. The summed E-state index contributed by atoms with van der Waals surface area (Å²) < 4.78 is 9.56. The lowest BCUT2D eigenvalue weighted by molar-refractivity contribution is 0.628. The van der Waals surface area contributed by atoms with E-state index >= 15 is 0 Å². The molecule has 0 radical (unpaired) electrons. The Labute approximate surface area is 357 Å². The summed E-state index contributed by atoms with van der Waals surface area (Å²) in [5.74, 6) is 0.941. The molecule has 11 aromatic rings. The first-order valence-corrected chi connectivity index (χ1v) is 21.7. The van der Waals surface area contributed by atoms with E-state index in [-0.39, 0.29) is 0 Å². The maximum atomic E-state index is 6.99. The molecule has 2 aliphatic rings. The molecule has 0 amide bonds. The van der Waals surface area contributed by atoms with Gasteiger partial charge in [-0.3, -0.25) is 0 Å². The summed E-state index contributed by atoms with van der Waals surface area (Å²) in [5, 5.41) is 3.71. The Balaban J connectivity index is 1.11. The molecule has 2 aliphatic carbocycles. The largest absolute Gasteiger partial charge is 0.456 e. The molecule has 9 aromatic carbocycles. The molecule has 3 nitrogen and oxygen atoms in total. The maximum Gasteiger partial charge on any atom is 0.140 e. The molecule has 1 atom stereocenters. The molecular formula is C57H36N2OS. The fourth-order valence-electron chi connectivity index (χ4n) is 10.4. The van der Waals surface area contributed by atoms with Crippen LogP contribution in [0.5, 0.6) is 0 Å². The highest BCUT2D eigenvalue weighted by Gasteiger charge is 2.55. The molecule has 0 saturated carbocycles. The Morgan fingerprint density at radius 1 is 0.377 bits per heavy atom. The smallest absolute Gasteiger partial charge is 0.140 e. The van der Waals surface area contributed by atoms with Crippen LogP contribution in [0.25, 0.3) is 53.6 Å². The number of fused-ring (bicyclic) bond motifs is 15. The lowest BCUT2D eigenvalue weighted by Crippen LogP contribution is -2.26. The molecule has 1 unspecified atom stereocenters. The number of benzene rings is 9. The van der Waals surface area contributed by atoms with Crippen molar-refractivity contribution < 1.29 is 4.42 Å². The minimum Gasteiger partial charge on any atom is -0.456 e. The third-order valence-corrected chi connectivity index (χ3v) is 14.0. The summed E-state index contributed by atoms with van der Waals surface area (Å²) in [6, 6.07) is 79.5. The standard InChI is InChI=1S/C57H36N2OS/c1-4-17-37(18-5-1)58(38-19-6-2-7-20-38)40-32-34-46-50(35-40)57(54-47-25-11-14-29-52(47)60-55(46)54)48-27-13-10-23-42(48)43-33-31-41(36-49(43)57)59(39-21-8-3-9-22-39)51-28-16-26-45-44-24-12-15-30-53(44)61-56(45)51/h1-36H. The van der Waals surface area contributed by atoms with E-state index in [9.17, 15) is 0 Å². The van der Waals surface area contributed by atoms with Gasteiger partial charge in [-0.05, 0) is 113 Å². The summed E-state index contributed by atoms with van der Waals surface area (Å²) >= 11 is 1.87. The summed E-state index contributed by atoms with van der Waals surface area (Å²) in [7, 11) is 0. The second kappa shape index (κ2) is 13.2. The fourth-order valence-corrected chi connectivity index (χ4v) is 11.6. The molecule has 13 rings (SSSR count). The number of hydrogen-bond donors (Lipinski definition) is 0. The minimum atomic E-state index is -0.666. The monoisotopic (exact) mass is 796 g/mol. The van der Waals surface area contributed by atoms with Crippen molar-refractivity contribution in [1.29, 1.82) is 0 Å². The average molecular weight is 797 g/mol. The lowest BCUT2D eigenvalue weighted by Gasteiger charge is -2.33. The number of thiophene rings is 1. The van der Waals surface area contributed by atoms with Crippen molar-refractivity contribution in [2.24, 2.45) is 0 Å². The fraction of sp³-hybridized carbons (Fsp3) is 0.0175.